The average Bonchev–Trinajstić information content (AvgIpc) is 2.79. The lowest BCUT2D eigenvalue weighted by Gasteiger charge is -2.38. The molecular formula is C24H31ClN6O2. The van der Waals surface area contributed by atoms with Gasteiger partial charge in [-0.25, -0.2) is 9.97 Å². The summed E-state index contributed by atoms with van der Waals surface area (Å²) in [6.45, 7) is 9.36. The highest BCUT2D eigenvalue weighted by Gasteiger charge is 2.32. The van der Waals surface area contributed by atoms with Gasteiger partial charge in [0.25, 0.3) is 0 Å². The highest BCUT2D eigenvalue weighted by atomic mass is 35.5. The van der Waals surface area contributed by atoms with Crippen LogP contribution in [0.1, 0.15) is 50.2 Å². The third-order valence-corrected chi connectivity index (χ3v) is 6.55. The summed E-state index contributed by atoms with van der Waals surface area (Å²) in [5.41, 5.74) is 1.95. The number of carbonyl (C=O) groups excluding carboxylic acids is 2. The molecule has 2 amide bonds. The van der Waals surface area contributed by atoms with Crippen LogP contribution in [0.2, 0.25) is 5.02 Å². The lowest BCUT2D eigenvalue weighted by molar-refractivity contribution is -0.133. The molecule has 1 fully saturated rings. The van der Waals surface area contributed by atoms with Gasteiger partial charge in [-0.1, -0.05) is 44.5 Å². The second-order valence-corrected chi connectivity index (χ2v) is 9.53. The van der Waals surface area contributed by atoms with E-state index in [-0.39, 0.29) is 29.7 Å². The first-order chi connectivity index (χ1) is 15.8. The Labute approximate surface area is 199 Å². The number of nitrogens with zero attached hydrogens (tertiary/aromatic N) is 4. The number of benzene rings is 1. The van der Waals surface area contributed by atoms with Gasteiger partial charge in [-0.2, -0.15) is 0 Å². The van der Waals surface area contributed by atoms with Crippen molar-refractivity contribution >= 4 is 35.1 Å². The molecule has 0 unspecified atom stereocenters. The van der Waals surface area contributed by atoms with Crippen LogP contribution in [0.25, 0.3) is 0 Å². The van der Waals surface area contributed by atoms with Crippen molar-refractivity contribution in [3.8, 4) is 0 Å². The molecular weight excluding hydrogens is 440 g/mol. The Hall–Kier alpha value is -2.71. The van der Waals surface area contributed by atoms with Gasteiger partial charge in [0, 0.05) is 55.8 Å². The first-order valence-corrected chi connectivity index (χ1v) is 11.9. The second kappa shape index (κ2) is 10.1. The number of carbonyl (C=O) groups is 2. The Balaban J connectivity index is 1.47. The van der Waals surface area contributed by atoms with Crippen molar-refractivity contribution in [2.45, 2.75) is 45.1 Å². The van der Waals surface area contributed by atoms with Crippen LogP contribution < -0.4 is 15.5 Å². The summed E-state index contributed by atoms with van der Waals surface area (Å²) in [5.74, 6) is 1.35. The van der Waals surface area contributed by atoms with Crippen LogP contribution in [0.4, 0.5) is 11.6 Å². The van der Waals surface area contributed by atoms with Gasteiger partial charge in [0.15, 0.2) is 0 Å². The molecule has 2 aliphatic rings. The topological polar surface area (TPSA) is 90.5 Å². The van der Waals surface area contributed by atoms with E-state index in [1.54, 1.807) is 0 Å². The SMILES string of the molecule is CC(C)NC[C@@H](C(=O)N1CCN(c2ncnc3c2[C@H](C)CC(=O)N3)CC1)c1ccc(Cl)cc1. The monoisotopic (exact) mass is 470 g/mol. The van der Waals surface area contributed by atoms with Gasteiger partial charge in [-0.05, 0) is 23.6 Å². The molecule has 3 heterocycles. The molecule has 176 valence electrons. The molecule has 2 N–H and O–H groups in total. The number of halogens is 1. The summed E-state index contributed by atoms with van der Waals surface area (Å²) >= 11 is 6.07. The molecule has 0 saturated carbocycles. The van der Waals surface area contributed by atoms with Gasteiger partial charge in [0.05, 0.1) is 5.92 Å². The standard InChI is InChI=1S/C24H31ClN6O2/c1-15(2)26-13-19(17-4-6-18(25)7-5-17)24(33)31-10-8-30(9-11-31)23-21-16(3)12-20(32)29-22(21)27-14-28-23/h4-7,14-16,19,26H,8-13H2,1-3H3,(H,27,28,29,32)/t16-,19-/m1/s1. The average molecular weight is 471 g/mol. The minimum Gasteiger partial charge on any atom is -0.353 e. The van der Waals surface area contributed by atoms with E-state index < -0.39 is 0 Å². The normalized spacial score (nSPS) is 19.3. The van der Waals surface area contributed by atoms with Gasteiger partial charge in [0.2, 0.25) is 11.8 Å². The van der Waals surface area contributed by atoms with Crippen molar-refractivity contribution in [2.24, 2.45) is 0 Å². The van der Waals surface area contributed by atoms with Gasteiger partial charge in [0.1, 0.15) is 18.0 Å². The molecule has 1 saturated heterocycles. The maximum Gasteiger partial charge on any atom is 0.231 e. The minimum absolute atomic E-state index is 0.0154. The third kappa shape index (κ3) is 5.28. The molecule has 2 aromatic rings. The van der Waals surface area contributed by atoms with Crippen LogP contribution in [-0.4, -0.2) is 65.4 Å². The number of hydrogen-bond acceptors (Lipinski definition) is 6. The van der Waals surface area contributed by atoms with Crippen molar-refractivity contribution in [3.05, 3.63) is 46.7 Å². The van der Waals surface area contributed by atoms with Crippen LogP contribution in [0.15, 0.2) is 30.6 Å². The van der Waals surface area contributed by atoms with Crippen LogP contribution in [0.3, 0.4) is 0 Å². The molecule has 4 rings (SSSR count). The van der Waals surface area contributed by atoms with E-state index in [0.717, 1.165) is 16.9 Å². The predicted molar refractivity (Wildman–Crippen MR) is 130 cm³/mol. The van der Waals surface area contributed by atoms with E-state index in [1.807, 2.05) is 36.1 Å². The number of nitrogens with one attached hydrogen (secondary N) is 2. The van der Waals surface area contributed by atoms with E-state index in [1.165, 1.54) is 6.33 Å². The molecule has 9 heteroatoms. The maximum absolute atomic E-state index is 13.5. The highest BCUT2D eigenvalue weighted by Crippen LogP contribution is 2.36. The van der Waals surface area contributed by atoms with Crippen LogP contribution in [0, 0.1) is 0 Å². The number of fused-ring (bicyclic) bond motifs is 1. The fraction of sp³-hybridized carbons (Fsp3) is 0.500. The van der Waals surface area contributed by atoms with Gasteiger partial charge >= 0.3 is 0 Å². The summed E-state index contributed by atoms with van der Waals surface area (Å²) < 4.78 is 0. The molecule has 0 bridgehead atoms. The Morgan fingerprint density at radius 2 is 1.88 bits per heavy atom. The largest absolute Gasteiger partial charge is 0.353 e. The van der Waals surface area contributed by atoms with E-state index in [9.17, 15) is 9.59 Å². The Kier molecular flexibility index (Phi) is 7.14. The van der Waals surface area contributed by atoms with E-state index >= 15 is 0 Å². The number of hydrogen-bond donors (Lipinski definition) is 2. The van der Waals surface area contributed by atoms with Crippen molar-refractivity contribution in [2.75, 3.05) is 42.9 Å². The molecule has 1 aromatic carbocycles. The fourth-order valence-corrected chi connectivity index (χ4v) is 4.64. The Bertz CT molecular complexity index is 1000. The van der Waals surface area contributed by atoms with E-state index in [0.29, 0.717) is 50.0 Å². The van der Waals surface area contributed by atoms with Gasteiger partial charge in [-0.15, -0.1) is 0 Å². The third-order valence-electron chi connectivity index (χ3n) is 6.30. The quantitative estimate of drug-likeness (QED) is 0.674. The predicted octanol–water partition coefficient (Wildman–Crippen LogP) is 3.01. The lowest BCUT2D eigenvalue weighted by Crippen LogP contribution is -2.51. The smallest absolute Gasteiger partial charge is 0.231 e. The summed E-state index contributed by atoms with van der Waals surface area (Å²) in [6, 6.07) is 7.83. The zero-order valence-corrected chi connectivity index (χ0v) is 20.1. The minimum atomic E-state index is -0.265. The summed E-state index contributed by atoms with van der Waals surface area (Å²) in [4.78, 5) is 38.4. The molecule has 0 spiro atoms. The molecule has 2 aliphatic heterocycles. The van der Waals surface area contributed by atoms with Crippen LogP contribution >= 0.6 is 11.6 Å². The maximum atomic E-state index is 13.5. The van der Waals surface area contributed by atoms with Gasteiger partial charge < -0.3 is 20.4 Å². The Morgan fingerprint density at radius 1 is 1.18 bits per heavy atom. The number of piperazine rings is 1. The second-order valence-electron chi connectivity index (χ2n) is 9.09. The van der Waals surface area contributed by atoms with E-state index in [4.69, 9.17) is 11.6 Å². The first-order valence-electron chi connectivity index (χ1n) is 11.5. The highest BCUT2D eigenvalue weighted by molar-refractivity contribution is 6.30. The van der Waals surface area contributed by atoms with Crippen LogP contribution in [0.5, 0.6) is 0 Å². The van der Waals surface area contributed by atoms with Crippen molar-refractivity contribution < 1.29 is 9.59 Å². The molecule has 0 aliphatic carbocycles. The summed E-state index contributed by atoms with van der Waals surface area (Å²) in [5, 5.41) is 6.93. The first kappa shape index (κ1) is 23.4. The molecule has 2 atom stereocenters. The zero-order chi connectivity index (χ0) is 23.5. The van der Waals surface area contributed by atoms with Crippen molar-refractivity contribution in [1.29, 1.82) is 0 Å². The zero-order valence-electron chi connectivity index (χ0n) is 19.3. The number of rotatable bonds is 6. The molecule has 8 nitrogen and oxygen atoms in total. The summed E-state index contributed by atoms with van der Waals surface area (Å²) in [7, 11) is 0. The molecule has 0 radical (unpaired) electrons. The van der Waals surface area contributed by atoms with Crippen LogP contribution in [-0.2, 0) is 9.59 Å². The number of aromatic nitrogens is 2. The lowest BCUT2D eigenvalue weighted by atomic mass is 9.94. The van der Waals surface area contributed by atoms with Crippen molar-refractivity contribution in [1.82, 2.24) is 20.2 Å². The van der Waals surface area contributed by atoms with E-state index in [2.05, 4.69) is 39.3 Å². The Morgan fingerprint density at radius 3 is 2.55 bits per heavy atom. The van der Waals surface area contributed by atoms with Crippen molar-refractivity contribution in [3.63, 3.8) is 0 Å². The summed E-state index contributed by atoms with van der Waals surface area (Å²) in [6.07, 6.45) is 1.93. The van der Waals surface area contributed by atoms with Gasteiger partial charge in [-0.3, -0.25) is 9.59 Å². The number of anilines is 2. The molecule has 33 heavy (non-hydrogen) atoms. The number of amides is 2. The molecule has 1 aromatic heterocycles. The fourth-order valence-electron chi connectivity index (χ4n) is 4.51.